The Morgan fingerprint density at radius 3 is 2.37 bits per heavy atom. The van der Waals surface area contributed by atoms with Crippen molar-refractivity contribution in [1.29, 1.82) is 5.26 Å². The van der Waals surface area contributed by atoms with Gasteiger partial charge in [-0.25, -0.2) is 4.79 Å². The second-order valence-corrected chi connectivity index (χ2v) is 4.65. The number of rotatable bonds is 4. The fourth-order valence-electron chi connectivity index (χ4n) is 1.97. The Labute approximate surface area is 111 Å². The van der Waals surface area contributed by atoms with Gasteiger partial charge in [0.25, 0.3) is 5.91 Å². The summed E-state index contributed by atoms with van der Waals surface area (Å²) in [4.78, 5) is 24.8. The van der Waals surface area contributed by atoms with Crippen molar-refractivity contribution in [1.82, 2.24) is 4.90 Å². The average molecular weight is 258 g/mol. The molecule has 1 unspecified atom stereocenters. The molecule has 5 heteroatoms. The third-order valence-corrected chi connectivity index (χ3v) is 3.21. The molecule has 1 fully saturated rings. The smallest absolute Gasteiger partial charge is 0.326 e. The highest BCUT2D eigenvalue weighted by Gasteiger charge is 2.38. The van der Waals surface area contributed by atoms with E-state index >= 15 is 0 Å². The van der Waals surface area contributed by atoms with Gasteiger partial charge in [-0.15, -0.1) is 0 Å². The van der Waals surface area contributed by atoms with E-state index in [2.05, 4.69) is 0 Å². The van der Waals surface area contributed by atoms with E-state index in [1.54, 1.807) is 24.3 Å². The van der Waals surface area contributed by atoms with Crippen molar-refractivity contribution in [2.45, 2.75) is 31.8 Å². The highest BCUT2D eigenvalue weighted by molar-refractivity contribution is 5.97. The van der Waals surface area contributed by atoms with Gasteiger partial charge in [0, 0.05) is 11.6 Å². The zero-order valence-corrected chi connectivity index (χ0v) is 10.5. The number of hydrogen-bond donors (Lipinski definition) is 1. The zero-order valence-electron chi connectivity index (χ0n) is 10.5. The summed E-state index contributed by atoms with van der Waals surface area (Å²) in [5.41, 5.74) is 0.889. The molecule has 5 nitrogen and oxygen atoms in total. The summed E-state index contributed by atoms with van der Waals surface area (Å²) in [6, 6.07) is 7.40. The Bertz CT molecular complexity index is 541. The summed E-state index contributed by atoms with van der Waals surface area (Å²) >= 11 is 0. The van der Waals surface area contributed by atoms with E-state index in [9.17, 15) is 9.59 Å². The molecule has 1 saturated carbocycles. The van der Waals surface area contributed by atoms with Gasteiger partial charge in [-0.05, 0) is 44.0 Å². The third-order valence-electron chi connectivity index (χ3n) is 3.21. The van der Waals surface area contributed by atoms with Crippen molar-refractivity contribution < 1.29 is 14.7 Å². The lowest BCUT2D eigenvalue weighted by Gasteiger charge is -2.26. The van der Waals surface area contributed by atoms with Crippen LogP contribution in [0.2, 0.25) is 0 Å². The van der Waals surface area contributed by atoms with Crippen LogP contribution in [-0.2, 0) is 4.79 Å². The number of benzene rings is 1. The number of carboxylic acid groups (broad SMARTS) is 1. The van der Waals surface area contributed by atoms with E-state index in [4.69, 9.17) is 10.4 Å². The van der Waals surface area contributed by atoms with Crippen LogP contribution in [0.15, 0.2) is 24.3 Å². The summed E-state index contributed by atoms with van der Waals surface area (Å²) in [7, 11) is 0. The largest absolute Gasteiger partial charge is 0.480 e. The standard InChI is InChI=1S/C14H14N2O3/c1-9(14(18)19)16(12-6-7-12)13(17)11-4-2-10(8-15)3-5-11/h2-5,9,12H,6-7H2,1H3,(H,18,19). The molecule has 19 heavy (non-hydrogen) atoms. The molecule has 0 radical (unpaired) electrons. The molecule has 1 aromatic carbocycles. The van der Waals surface area contributed by atoms with Gasteiger partial charge in [-0.2, -0.15) is 5.26 Å². The zero-order chi connectivity index (χ0) is 14.0. The molecule has 2 rings (SSSR count). The van der Waals surface area contributed by atoms with Crippen LogP contribution < -0.4 is 0 Å². The normalized spacial score (nSPS) is 15.4. The fraction of sp³-hybridized carbons (Fsp3) is 0.357. The van der Waals surface area contributed by atoms with Gasteiger partial charge >= 0.3 is 5.97 Å². The van der Waals surface area contributed by atoms with Crippen LogP contribution in [0.3, 0.4) is 0 Å². The summed E-state index contributed by atoms with van der Waals surface area (Å²) < 4.78 is 0. The fourth-order valence-corrected chi connectivity index (χ4v) is 1.97. The lowest BCUT2D eigenvalue weighted by molar-refractivity contribution is -0.141. The second kappa shape index (κ2) is 5.11. The Morgan fingerprint density at radius 1 is 1.37 bits per heavy atom. The first-order chi connectivity index (χ1) is 9.04. The summed E-state index contributed by atoms with van der Waals surface area (Å²) in [5, 5.41) is 17.8. The number of amides is 1. The minimum absolute atomic E-state index is 0.0224. The Morgan fingerprint density at radius 2 is 1.95 bits per heavy atom. The number of hydrogen-bond acceptors (Lipinski definition) is 3. The van der Waals surface area contributed by atoms with Crippen molar-refractivity contribution in [3.63, 3.8) is 0 Å². The number of carbonyl (C=O) groups excluding carboxylic acids is 1. The lowest BCUT2D eigenvalue weighted by atomic mass is 10.1. The van der Waals surface area contributed by atoms with Gasteiger partial charge in [-0.3, -0.25) is 4.79 Å². The number of carbonyl (C=O) groups is 2. The lowest BCUT2D eigenvalue weighted by Crippen LogP contribution is -2.44. The SMILES string of the molecule is CC(C(=O)O)N(C(=O)c1ccc(C#N)cc1)C1CC1. The maximum absolute atomic E-state index is 12.4. The quantitative estimate of drug-likeness (QED) is 0.890. The van der Waals surface area contributed by atoms with Crippen molar-refractivity contribution in [2.75, 3.05) is 0 Å². The van der Waals surface area contributed by atoms with E-state index in [-0.39, 0.29) is 11.9 Å². The summed E-state index contributed by atoms with van der Waals surface area (Å²) in [6.07, 6.45) is 1.69. The van der Waals surface area contributed by atoms with E-state index in [1.165, 1.54) is 11.8 Å². The molecule has 98 valence electrons. The predicted molar refractivity (Wildman–Crippen MR) is 67.4 cm³/mol. The molecule has 1 amide bonds. The van der Waals surface area contributed by atoms with Gasteiger partial charge in [0.15, 0.2) is 0 Å². The van der Waals surface area contributed by atoms with Crippen LogP contribution >= 0.6 is 0 Å². The number of aliphatic carboxylic acids is 1. The molecule has 1 aliphatic rings. The molecule has 1 N–H and O–H groups in total. The van der Waals surface area contributed by atoms with Gasteiger partial charge in [0.1, 0.15) is 6.04 Å². The molecule has 0 bridgehead atoms. The highest BCUT2D eigenvalue weighted by atomic mass is 16.4. The summed E-state index contributed by atoms with van der Waals surface area (Å²) in [5.74, 6) is -1.30. The van der Waals surface area contributed by atoms with E-state index in [1.807, 2.05) is 6.07 Å². The molecular formula is C14H14N2O3. The number of nitriles is 1. The van der Waals surface area contributed by atoms with Crippen molar-refractivity contribution >= 4 is 11.9 Å². The Balaban J connectivity index is 2.24. The average Bonchev–Trinajstić information content (AvgIpc) is 3.23. The number of nitrogens with zero attached hydrogens (tertiary/aromatic N) is 2. The highest BCUT2D eigenvalue weighted by Crippen LogP contribution is 2.30. The van der Waals surface area contributed by atoms with Crippen LogP contribution in [0.25, 0.3) is 0 Å². The maximum atomic E-state index is 12.4. The molecule has 1 aliphatic carbocycles. The van der Waals surface area contributed by atoms with Crippen molar-refractivity contribution in [2.24, 2.45) is 0 Å². The molecular weight excluding hydrogens is 244 g/mol. The van der Waals surface area contributed by atoms with E-state index < -0.39 is 12.0 Å². The van der Waals surface area contributed by atoms with Crippen LogP contribution in [-0.4, -0.2) is 34.0 Å². The molecule has 0 heterocycles. The molecule has 0 aromatic heterocycles. The van der Waals surface area contributed by atoms with Crippen LogP contribution in [0.1, 0.15) is 35.7 Å². The van der Waals surface area contributed by atoms with Crippen molar-refractivity contribution in [3.05, 3.63) is 35.4 Å². The Kier molecular flexibility index (Phi) is 3.52. The number of carboxylic acids is 1. The van der Waals surface area contributed by atoms with Gasteiger partial charge in [0.05, 0.1) is 11.6 Å². The molecule has 1 atom stereocenters. The second-order valence-electron chi connectivity index (χ2n) is 4.65. The van der Waals surface area contributed by atoms with Gasteiger partial charge in [0.2, 0.25) is 0 Å². The minimum Gasteiger partial charge on any atom is -0.480 e. The molecule has 1 aromatic rings. The first-order valence-corrected chi connectivity index (χ1v) is 6.10. The van der Waals surface area contributed by atoms with Crippen LogP contribution in [0.4, 0.5) is 0 Å². The Hall–Kier alpha value is -2.35. The van der Waals surface area contributed by atoms with Gasteiger partial charge < -0.3 is 10.0 Å². The van der Waals surface area contributed by atoms with Gasteiger partial charge in [-0.1, -0.05) is 0 Å². The van der Waals surface area contributed by atoms with Crippen molar-refractivity contribution in [3.8, 4) is 6.07 Å². The molecule has 0 saturated heterocycles. The van der Waals surface area contributed by atoms with Crippen LogP contribution in [0, 0.1) is 11.3 Å². The molecule has 0 spiro atoms. The molecule has 0 aliphatic heterocycles. The topological polar surface area (TPSA) is 81.4 Å². The third kappa shape index (κ3) is 2.74. The maximum Gasteiger partial charge on any atom is 0.326 e. The first-order valence-electron chi connectivity index (χ1n) is 6.10. The predicted octanol–water partition coefficient (Wildman–Crippen LogP) is 1.64. The first kappa shape index (κ1) is 13.1. The van der Waals surface area contributed by atoms with Crippen LogP contribution in [0.5, 0.6) is 0 Å². The van der Waals surface area contributed by atoms with E-state index in [0.29, 0.717) is 11.1 Å². The minimum atomic E-state index is -1.01. The monoisotopic (exact) mass is 258 g/mol. The van der Waals surface area contributed by atoms with E-state index in [0.717, 1.165) is 12.8 Å². The summed E-state index contributed by atoms with van der Waals surface area (Å²) in [6.45, 7) is 1.52.